The Morgan fingerprint density at radius 2 is 2.38 bits per heavy atom. The molecule has 1 aromatic rings. The molecule has 1 aromatic carbocycles. The topological polar surface area (TPSA) is 61.6 Å². The lowest BCUT2D eigenvalue weighted by molar-refractivity contribution is -0.106. The van der Waals surface area contributed by atoms with Gasteiger partial charge in [-0.1, -0.05) is 17.7 Å². The average molecular weight is 328 g/mol. The maximum absolute atomic E-state index is 12.3. The SMILES string of the molecule is Nc1cccc(C(=O)OC2CCOC3(CCSC3)C2)c1Cl. The third kappa shape index (κ3) is 3.15. The first kappa shape index (κ1) is 15.0. The molecular weight excluding hydrogens is 310 g/mol. The molecule has 0 bridgehead atoms. The van der Waals surface area contributed by atoms with E-state index >= 15 is 0 Å². The minimum atomic E-state index is -0.403. The summed E-state index contributed by atoms with van der Waals surface area (Å²) in [6, 6.07) is 5.01. The van der Waals surface area contributed by atoms with Gasteiger partial charge in [-0.15, -0.1) is 0 Å². The van der Waals surface area contributed by atoms with Crippen LogP contribution in [0.3, 0.4) is 0 Å². The highest BCUT2D eigenvalue weighted by Crippen LogP contribution is 2.39. The number of esters is 1. The molecule has 2 fully saturated rings. The summed E-state index contributed by atoms with van der Waals surface area (Å²) in [4.78, 5) is 12.3. The molecule has 2 unspecified atom stereocenters. The monoisotopic (exact) mass is 327 g/mol. The van der Waals surface area contributed by atoms with Gasteiger partial charge in [-0.2, -0.15) is 11.8 Å². The third-order valence-electron chi connectivity index (χ3n) is 4.04. The molecule has 3 rings (SSSR count). The fourth-order valence-corrected chi connectivity index (χ4v) is 4.45. The van der Waals surface area contributed by atoms with Gasteiger partial charge in [-0.3, -0.25) is 0 Å². The Hall–Kier alpha value is -0.910. The van der Waals surface area contributed by atoms with Gasteiger partial charge in [-0.05, 0) is 24.3 Å². The molecule has 2 aliphatic rings. The molecule has 0 radical (unpaired) electrons. The summed E-state index contributed by atoms with van der Waals surface area (Å²) in [5, 5.41) is 0.265. The van der Waals surface area contributed by atoms with Crippen LogP contribution in [0.15, 0.2) is 18.2 Å². The number of thioether (sulfide) groups is 1. The van der Waals surface area contributed by atoms with Crippen LogP contribution < -0.4 is 5.73 Å². The van der Waals surface area contributed by atoms with Crippen molar-refractivity contribution in [3.05, 3.63) is 28.8 Å². The highest BCUT2D eigenvalue weighted by atomic mass is 35.5. The number of ether oxygens (including phenoxy) is 2. The lowest BCUT2D eigenvalue weighted by atomic mass is 9.91. The molecule has 4 nitrogen and oxygen atoms in total. The minimum absolute atomic E-state index is 0.104. The molecule has 114 valence electrons. The predicted molar refractivity (Wildman–Crippen MR) is 84.9 cm³/mol. The molecule has 2 heterocycles. The minimum Gasteiger partial charge on any atom is -0.459 e. The number of carbonyl (C=O) groups is 1. The molecule has 2 aliphatic heterocycles. The van der Waals surface area contributed by atoms with Crippen molar-refractivity contribution in [2.24, 2.45) is 0 Å². The van der Waals surface area contributed by atoms with Gasteiger partial charge in [0.2, 0.25) is 0 Å². The molecule has 6 heteroatoms. The summed E-state index contributed by atoms with van der Waals surface area (Å²) < 4.78 is 11.6. The zero-order valence-corrected chi connectivity index (χ0v) is 13.2. The number of halogens is 1. The first-order chi connectivity index (χ1) is 10.1. The maximum Gasteiger partial charge on any atom is 0.340 e. The number of rotatable bonds is 2. The second kappa shape index (κ2) is 6.07. The van der Waals surface area contributed by atoms with E-state index < -0.39 is 5.97 Å². The molecule has 0 aromatic heterocycles. The summed E-state index contributed by atoms with van der Waals surface area (Å²) in [5.41, 5.74) is 6.34. The van der Waals surface area contributed by atoms with Crippen LogP contribution in [0.5, 0.6) is 0 Å². The molecule has 0 saturated carbocycles. The number of nitrogen functional groups attached to an aromatic ring is 1. The van der Waals surface area contributed by atoms with Gasteiger partial charge in [0.15, 0.2) is 0 Å². The lowest BCUT2D eigenvalue weighted by Crippen LogP contribution is -2.43. The van der Waals surface area contributed by atoms with E-state index in [4.69, 9.17) is 26.8 Å². The van der Waals surface area contributed by atoms with Gasteiger partial charge in [0.05, 0.1) is 28.5 Å². The number of benzene rings is 1. The van der Waals surface area contributed by atoms with E-state index in [0.29, 0.717) is 17.9 Å². The normalized spacial score (nSPS) is 28.7. The Balaban J connectivity index is 1.68. The summed E-state index contributed by atoms with van der Waals surface area (Å²) in [6.07, 6.45) is 2.43. The standard InChI is InChI=1S/C15H18ClNO3S/c16-13-11(2-1-3-12(13)17)14(18)20-10-4-6-19-15(8-10)5-7-21-9-15/h1-3,10H,4-9,17H2. The van der Waals surface area contributed by atoms with Crippen molar-refractivity contribution < 1.29 is 14.3 Å². The van der Waals surface area contributed by atoms with Crippen molar-refractivity contribution in [2.75, 3.05) is 23.8 Å². The number of nitrogens with two attached hydrogens (primary N) is 1. The molecule has 2 atom stereocenters. The van der Waals surface area contributed by atoms with Gasteiger partial charge in [-0.25, -0.2) is 4.79 Å². The number of hydrogen-bond acceptors (Lipinski definition) is 5. The van der Waals surface area contributed by atoms with Gasteiger partial charge in [0.25, 0.3) is 0 Å². The van der Waals surface area contributed by atoms with Crippen LogP contribution in [0.1, 0.15) is 29.6 Å². The van der Waals surface area contributed by atoms with Crippen LogP contribution >= 0.6 is 23.4 Å². The molecule has 21 heavy (non-hydrogen) atoms. The number of hydrogen-bond donors (Lipinski definition) is 1. The summed E-state index contributed by atoms with van der Waals surface area (Å²) >= 11 is 7.97. The number of carbonyl (C=O) groups excluding carboxylic acids is 1. The summed E-state index contributed by atoms with van der Waals surface area (Å²) in [5.74, 6) is 1.70. The lowest BCUT2D eigenvalue weighted by Gasteiger charge is -2.37. The van der Waals surface area contributed by atoms with Crippen LogP contribution in [-0.2, 0) is 9.47 Å². The second-order valence-electron chi connectivity index (χ2n) is 5.56. The van der Waals surface area contributed by atoms with E-state index in [-0.39, 0.29) is 16.7 Å². The third-order valence-corrected chi connectivity index (χ3v) is 5.68. The second-order valence-corrected chi connectivity index (χ2v) is 7.05. The van der Waals surface area contributed by atoms with Crippen LogP contribution in [0.4, 0.5) is 5.69 Å². The molecule has 0 amide bonds. The molecule has 2 saturated heterocycles. The van der Waals surface area contributed by atoms with Gasteiger partial charge < -0.3 is 15.2 Å². The zero-order valence-electron chi connectivity index (χ0n) is 11.6. The highest BCUT2D eigenvalue weighted by molar-refractivity contribution is 7.99. The van der Waals surface area contributed by atoms with Crippen molar-refractivity contribution in [2.45, 2.75) is 31.0 Å². The van der Waals surface area contributed by atoms with Crippen LogP contribution in [0.25, 0.3) is 0 Å². The largest absolute Gasteiger partial charge is 0.459 e. The van der Waals surface area contributed by atoms with Crippen molar-refractivity contribution in [3.63, 3.8) is 0 Å². The zero-order chi connectivity index (χ0) is 14.9. The highest BCUT2D eigenvalue weighted by Gasteiger charge is 2.41. The first-order valence-electron chi connectivity index (χ1n) is 7.06. The Bertz CT molecular complexity index is 546. The van der Waals surface area contributed by atoms with E-state index in [2.05, 4.69) is 0 Å². The van der Waals surface area contributed by atoms with Gasteiger partial charge in [0, 0.05) is 18.6 Å². The smallest absolute Gasteiger partial charge is 0.340 e. The Morgan fingerprint density at radius 1 is 1.52 bits per heavy atom. The molecule has 0 aliphatic carbocycles. The molecular formula is C15H18ClNO3S. The first-order valence-corrected chi connectivity index (χ1v) is 8.60. The van der Waals surface area contributed by atoms with Crippen molar-refractivity contribution in [3.8, 4) is 0 Å². The van der Waals surface area contributed by atoms with Crippen LogP contribution in [0, 0.1) is 0 Å². The Morgan fingerprint density at radius 3 is 3.14 bits per heavy atom. The maximum atomic E-state index is 12.3. The summed E-state index contributed by atoms with van der Waals surface area (Å²) in [7, 11) is 0. The van der Waals surface area contributed by atoms with Crippen LogP contribution in [0.2, 0.25) is 5.02 Å². The Labute approximate surface area is 133 Å². The summed E-state index contributed by atoms with van der Waals surface area (Å²) in [6.45, 7) is 0.642. The fraction of sp³-hybridized carbons (Fsp3) is 0.533. The molecule has 2 N–H and O–H groups in total. The van der Waals surface area contributed by atoms with Crippen molar-refractivity contribution in [1.82, 2.24) is 0 Å². The fourth-order valence-electron chi connectivity index (χ4n) is 2.87. The molecule has 1 spiro atoms. The Kier molecular flexibility index (Phi) is 4.33. The van der Waals surface area contributed by atoms with Crippen molar-refractivity contribution >= 4 is 35.0 Å². The average Bonchev–Trinajstić information content (AvgIpc) is 2.89. The van der Waals surface area contributed by atoms with Crippen molar-refractivity contribution in [1.29, 1.82) is 0 Å². The van der Waals surface area contributed by atoms with E-state index in [1.54, 1.807) is 18.2 Å². The van der Waals surface area contributed by atoms with Gasteiger partial charge >= 0.3 is 5.97 Å². The van der Waals surface area contributed by atoms with E-state index in [1.807, 2.05) is 11.8 Å². The van der Waals surface area contributed by atoms with E-state index in [1.165, 1.54) is 0 Å². The van der Waals surface area contributed by atoms with E-state index in [9.17, 15) is 4.79 Å². The quantitative estimate of drug-likeness (QED) is 0.668. The van der Waals surface area contributed by atoms with E-state index in [0.717, 1.165) is 30.8 Å². The predicted octanol–water partition coefficient (Wildman–Crippen LogP) is 3.13. The van der Waals surface area contributed by atoms with Crippen LogP contribution in [-0.4, -0.2) is 35.8 Å². The number of anilines is 1. The van der Waals surface area contributed by atoms with Gasteiger partial charge in [0.1, 0.15) is 6.10 Å².